The molecule has 0 aliphatic carbocycles. The molecule has 1 atom stereocenters. The van der Waals surface area contributed by atoms with Crippen molar-refractivity contribution in [3.63, 3.8) is 0 Å². The van der Waals surface area contributed by atoms with E-state index < -0.39 is 0 Å². The molecule has 4 nitrogen and oxygen atoms in total. The summed E-state index contributed by atoms with van der Waals surface area (Å²) < 4.78 is 0. The highest BCUT2D eigenvalue weighted by Gasteiger charge is 2.34. The predicted octanol–water partition coefficient (Wildman–Crippen LogP) is 4.16. The molecule has 1 amide bonds. The lowest BCUT2D eigenvalue weighted by atomic mass is 10.0. The first kappa shape index (κ1) is 14.5. The topological polar surface area (TPSA) is 45.2 Å². The summed E-state index contributed by atoms with van der Waals surface area (Å²) in [6.45, 7) is 2.03. The van der Waals surface area contributed by atoms with Gasteiger partial charge >= 0.3 is 0 Å². The van der Waals surface area contributed by atoms with Crippen molar-refractivity contribution in [1.29, 1.82) is 0 Å². The summed E-state index contributed by atoms with van der Waals surface area (Å²) in [7, 11) is 0. The number of carbonyl (C=O) groups excluding carboxylic acids is 1. The average molecular weight is 315 g/mol. The van der Waals surface area contributed by atoms with Crippen molar-refractivity contribution in [2.75, 3.05) is 10.2 Å². The van der Waals surface area contributed by atoms with Gasteiger partial charge in [-0.3, -0.25) is 14.7 Å². The molecule has 4 rings (SSSR count). The minimum absolute atomic E-state index is 0.0242. The molecule has 0 fully saturated rings. The molecule has 1 aromatic heterocycles. The van der Waals surface area contributed by atoms with Crippen molar-refractivity contribution in [2.24, 2.45) is 0 Å². The Morgan fingerprint density at radius 1 is 0.958 bits per heavy atom. The first-order valence-corrected chi connectivity index (χ1v) is 7.91. The number of rotatable bonds is 2. The number of pyridine rings is 1. The van der Waals surface area contributed by atoms with Gasteiger partial charge in [-0.05, 0) is 43.3 Å². The molecule has 4 heteroatoms. The second-order valence-corrected chi connectivity index (χ2v) is 5.86. The Balaban J connectivity index is 1.86. The number of para-hydroxylation sites is 1. The number of nitrogens with zero attached hydrogens (tertiary/aromatic N) is 2. The van der Waals surface area contributed by atoms with Gasteiger partial charge in [0, 0.05) is 17.6 Å². The van der Waals surface area contributed by atoms with Gasteiger partial charge in [0.2, 0.25) is 0 Å². The van der Waals surface area contributed by atoms with E-state index in [-0.39, 0.29) is 12.1 Å². The highest BCUT2D eigenvalue weighted by molar-refractivity contribution is 6.12. The van der Waals surface area contributed by atoms with Crippen LogP contribution >= 0.6 is 0 Å². The van der Waals surface area contributed by atoms with Crippen molar-refractivity contribution in [3.8, 4) is 0 Å². The maximum atomic E-state index is 13.1. The molecular formula is C20H17N3O. The van der Waals surface area contributed by atoms with E-state index in [0.29, 0.717) is 5.56 Å². The van der Waals surface area contributed by atoms with Gasteiger partial charge in [0.05, 0.1) is 11.3 Å². The molecule has 1 unspecified atom stereocenters. The largest absolute Gasteiger partial charge is 0.359 e. The van der Waals surface area contributed by atoms with Crippen LogP contribution in [0.25, 0.3) is 0 Å². The smallest absolute Gasteiger partial charge is 0.262 e. The standard InChI is InChI=1S/C20H17N3O/c1-14-9-11-15(12-10-14)23-19(18-8-4-5-13-21-18)22-17-7-3-2-6-16(17)20(23)24/h2-13,19,22H,1H3. The van der Waals surface area contributed by atoms with Crippen LogP contribution < -0.4 is 10.2 Å². The van der Waals surface area contributed by atoms with Crippen molar-refractivity contribution in [1.82, 2.24) is 4.98 Å². The van der Waals surface area contributed by atoms with E-state index in [1.165, 1.54) is 0 Å². The van der Waals surface area contributed by atoms with Crippen molar-refractivity contribution >= 4 is 17.3 Å². The molecule has 3 aromatic rings. The first-order valence-electron chi connectivity index (χ1n) is 7.91. The van der Waals surface area contributed by atoms with Gasteiger partial charge < -0.3 is 5.32 Å². The number of benzene rings is 2. The zero-order chi connectivity index (χ0) is 16.5. The Morgan fingerprint density at radius 2 is 1.71 bits per heavy atom. The van der Waals surface area contributed by atoms with E-state index in [1.807, 2.05) is 73.7 Å². The van der Waals surface area contributed by atoms with Crippen LogP contribution in [0.5, 0.6) is 0 Å². The molecule has 2 aromatic carbocycles. The number of anilines is 2. The quantitative estimate of drug-likeness (QED) is 0.772. The number of fused-ring (bicyclic) bond motifs is 1. The Bertz CT molecular complexity index is 875. The Kier molecular flexibility index (Phi) is 3.50. The molecule has 0 saturated carbocycles. The van der Waals surface area contributed by atoms with Crippen LogP contribution in [-0.2, 0) is 0 Å². The summed E-state index contributed by atoms with van der Waals surface area (Å²) in [6, 6.07) is 21.3. The molecular weight excluding hydrogens is 298 g/mol. The molecule has 0 bridgehead atoms. The SMILES string of the molecule is Cc1ccc(N2C(=O)c3ccccc3NC2c2ccccn2)cc1. The lowest BCUT2D eigenvalue weighted by molar-refractivity contribution is 0.0974. The fraction of sp³-hybridized carbons (Fsp3) is 0.100. The van der Waals surface area contributed by atoms with E-state index in [4.69, 9.17) is 0 Å². The third-order valence-electron chi connectivity index (χ3n) is 4.21. The maximum absolute atomic E-state index is 13.1. The number of hydrogen-bond acceptors (Lipinski definition) is 3. The van der Waals surface area contributed by atoms with Crippen LogP contribution in [0, 0.1) is 6.92 Å². The highest BCUT2D eigenvalue weighted by atomic mass is 16.2. The number of aryl methyl sites for hydroxylation is 1. The van der Waals surface area contributed by atoms with Crippen molar-refractivity contribution in [3.05, 3.63) is 89.7 Å². The average Bonchev–Trinajstić information content (AvgIpc) is 2.63. The summed E-state index contributed by atoms with van der Waals surface area (Å²) >= 11 is 0. The number of hydrogen-bond donors (Lipinski definition) is 1. The molecule has 0 spiro atoms. The Morgan fingerprint density at radius 3 is 2.46 bits per heavy atom. The second kappa shape index (κ2) is 5.81. The summed E-state index contributed by atoms with van der Waals surface area (Å²) in [5.41, 5.74) is 4.32. The highest BCUT2D eigenvalue weighted by Crippen LogP contribution is 2.35. The summed E-state index contributed by atoms with van der Waals surface area (Å²) in [5, 5.41) is 3.45. The fourth-order valence-corrected chi connectivity index (χ4v) is 2.97. The lowest BCUT2D eigenvalue weighted by Gasteiger charge is -2.37. The first-order chi connectivity index (χ1) is 11.7. The molecule has 1 N–H and O–H groups in total. The van der Waals surface area contributed by atoms with Crippen LogP contribution in [0.4, 0.5) is 11.4 Å². The van der Waals surface area contributed by atoms with Crippen LogP contribution in [0.15, 0.2) is 72.9 Å². The van der Waals surface area contributed by atoms with E-state index in [2.05, 4.69) is 10.3 Å². The molecule has 1 aliphatic heterocycles. The van der Waals surface area contributed by atoms with Gasteiger partial charge in [-0.15, -0.1) is 0 Å². The van der Waals surface area contributed by atoms with E-state index in [9.17, 15) is 4.79 Å². The van der Waals surface area contributed by atoms with E-state index >= 15 is 0 Å². The summed E-state index contributed by atoms with van der Waals surface area (Å²) in [6.07, 6.45) is 1.41. The normalized spacial score (nSPS) is 16.5. The zero-order valence-corrected chi connectivity index (χ0v) is 13.3. The van der Waals surface area contributed by atoms with Crippen LogP contribution in [0.1, 0.15) is 27.8 Å². The molecule has 0 saturated heterocycles. The maximum Gasteiger partial charge on any atom is 0.262 e. The zero-order valence-electron chi connectivity index (χ0n) is 13.3. The van der Waals surface area contributed by atoms with E-state index in [1.54, 1.807) is 11.1 Å². The molecule has 24 heavy (non-hydrogen) atoms. The van der Waals surface area contributed by atoms with Gasteiger partial charge in [-0.1, -0.05) is 35.9 Å². The van der Waals surface area contributed by atoms with Gasteiger partial charge in [0.1, 0.15) is 0 Å². The molecule has 1 aliphatic rings. The predicted molar refractivity (Wildman–Crippen MR) is 95.0 cm³/mol. The van der Waals surface area contributed by atoms with Crippen molar-refractivity contribution in [2.45, 2.75) is 13.1 Å². The lowest BCUT2D eigenvalue weighted by Crippen LogP contribution is -2.43. The third kappa shape index (κ3) is 2.42. The monoisotopic (exact) mass is 315 g/mol. The summed E-state index contributed by atoms with van der Waals surface area (Å²) in [4.78, 5) is 19.4. The van der Waals surface area contributed by atoms with Crippen molar-refractivity contribution < 1.29 is 4.79 Å². The van der Waals surface area contributed by atoms with E-state index in [0.717, 1.165) is 22.6 Å². The number of carbonyl (C=O) groups is 1. The van der Waals surface area contributed by atoms with Crippen LogP contribution in [-0.4, -0.2) is 10.9 Å². The molecule has 2 heterocycles. The number of aromatic nitrogens is 1. The number of nitrogens with one attached hydrogen (secondary N) is 1. The Hall–Kier alpha value is -3.14. The van der Waals surface area contributed by atoms with Gasteiger partial charge in [-0.2, -0.15) is 0 Å². The van der Waals surface area contributed by atoms with Crippen LogP contribution in [0.2, 0.25) is 0 Å². The fourth-order valence-electron chi connectivity index (χ4n) is 2.97. The molecule has 0 radical (unpaired) electrons. The number of amides is 1. The van der Waals surface area contributed by atoms with Gasteiger partial charge in [0.25, 0.3) is 5.91 Å². The minimum Gasteiger partial charge on any atom is -0.359 e. The third-order valence-corrected chi connectivity index (χ3v) is 4.21. The van der Waals surface area contributed by atoms with Gasteiger partial charge in [-0.25, -0.2) is 0 Å². The second-order valence-electron chi connectivity index (χ2n) is 5.86. The van der Waals surface area contributed by atoms with Gasteiger partial charge in [0.15, 0.2) is 6.17 Å². The summed E-state index contributed by atoms with van der Waals surface area (Å²) in [5.74, 6) is -0.0242. The Labute approximate surface area is 140 Å². The minimum atomic E-state index is -0.337. The molecule has 118 valence electrons. The van der Waals surface area contributed by atoms with Crippen LogP contribution in [0.3, 0.4) is 0 Å².